The summed E-state index contributed by atoms with van der Waals surface area (Å²) >= 11 is 0. The second-order valence-corrected chi connectivity index (χ2v) is 10.6. The molecule has 1 saturated carbocycles. The molecular formula is C25H29F4N3O6. The van der Waals surface area contributed by atoms with Crippen LogP contribution in [-0.4, -0.2) is 71.7 Å². The molecule has 3 N–H and O–H groups in total. The molecule has 13 heteroatoms. The zero-order chi connectivity index (χ0) is 28.0. The highest BCUT2D eigenvalue weighted by molar-refractivity contribution is 5.95. The lowest BCUT2D eigenvalue weighted by Crippen LogP contribution is -2.55. The lowest BCUT2D eigenvalue weighted by molar-refractivity contribution is -0.321. The fraction of sp³-hybridized carbons (Fsp3) is 0.600. The van der Waals surface area contributed by atoms with Gasteiger partial charge in [0.15, 0.2) is 11.9 Å². The highest BCUT2D eigenvalue weighted by Crippen LogP contribution is 2.65. The number of ketones is 1. The summed E-state index contributed by atoms with van der Waals surface area (Å²) in [6, 6.07) is 2.54. The molecule has 3 aliphatic rings. The number of Topliss-reactive ketones (excluding diaryl/α,β-unsaturated/α-hetero) is 1. The van der Waals surface area contributed by atoms with Crippen LogP contribution in [-0.2, 0) is 23.9 Å². The number of ether oxygens (including phenoxy) is 1. The molecule has 2 saturated heterocycles. The van der Waals surface area contributed by atoms with E-state index in [4.69, 9.17) is 0 Å². The van der Waals surface area contributed by atoms with Crippen LogP contribution >= 0.6 is 0 Å². The molecule has 2 aliphatic heterocycles. The largest absolute Gasteiger partial charge is 0.522 e. The van der Waals surface area contributed by atoms with E-state index in [1.807, 2.05) is 13.8 Å². The summed E-state index contributed by atoms with van der Waals surface area (Å²) in [5.41, 5.74) is -0.618. The molecule has 0 radical (unpaired) electrons. The first-order valence-corrected chi connectivity index (χ1v) is 12.3. The Labute approximate surface area is 215 Å². The third-order valence-corrected chi connectivity index (χ3v) is 7.96. The Morgan fingerprint density at radius 3 is 2.55 bits per heavy atom. The molecule has 3 fully saturated rings. The average Bonchev–Trinajstić information content (AvgIpc) is 3.20. The fourth-order valence-corrected chi connectivity index (χ4v) is 5.74. The molecule has 208 valence electrons. The number of hydrogen-bond donors (Lipinski definition) is 3. The molecule has 4 rings (SSSR count). The quantitative estimate of drug-likeness (QED) is 0.405. The number of fused-ring (bicyclic) bond motifs is 1. The van der Waals surface area contributed by atoms with Crippen LogP contribution in [0.1, 0.15) is 38.4 Å². The molecule has 0 unspecified atom stereocenters. The topological polar surface area (TPSA) is 125 Å². The van der Waals surface area contributed by atoms with Gasteiger partial charge in [0.25, 0.3) is 5.91 Å². The van der Waals surface area contributed by atoms with E-state index in [1.54, 1.807) is 0 Å². The van der Waals surface area contributed by atoms with Gasteiger partial charge in [0, 0.05) is 24.6 Å². The molecular weight excluding hydrogens is 514 g/mol. The number of piperidine rings is 1. The Kier molecular flexibility index (Phi) is 7.54. The highest BCUT2D eigenvalue weighted by Gasteiger charge is 2.69. The lowest BCUT2D eigenvalue weighted by atomic mass is 9.94. The van der Waals surface area contributed by atoms with Crippen molar-refractivity contribution in [3.8, 4) is 0 Å². The molecule has 0 aromatic heterocycles. The maximum absolute atomic E-state index is 14.2. The number of likely N-dealkylation sites (tertiary alicyclic amines) is 1. The van der Waals surface area contributed by atoms with Crippen LogP contribution in [0.4, 0.5) is 17.6 Å². The maximum Gasteiger partial charge on any atom is 0.522 e. The van der Waals surface area contributed by atoms with E-state index < -0.39 is 60.5 Å². The van der Waals surface area contributed by atoms with Crippen LogP contribution in [0.5, 0.6) is 0 Å². The Bertz CT molecular complexity index is 1130. The molecule has 1 aromatic rings. The molecule has 38 heavy (non-hydrogen) atoms. The molecule has 0 bridgehead atoms. The normalized spacial score (nSPS) is 27.3. The van der Waals surface area contributed by atoms with Gasteiger partial charge >= 0.3 is 6.36 Å². The van der Waals surface area contributed by atoms with Crippen molar-refractivity contribution >= 4 is 23.5 Å². The van der Waals surface area contributed by atoms with Crippen molar-refractivity contribution in [1.82, 2.24) is 15.5 Å². The van der Waals surface area contributed by atoms with Crippen molar-refractivity contribution in [2.45, 2.75) is 51.2 Å². The third kappa shape index (κ3) is 5.53. The molecule has 1 aliphatic carbocycles. The Morgan fingerprint density at radius 2 is 1.95 bits per heavy atom. The molecule has 1 aromatic carbocycles. The van der Waals surface area contributed by atoms with Gasteiger partial charge in [-0.2, -0.15) is 0 Å². The number of alkyl halides is 3. The summed E-state index contributed by atoms with van der Waals surface area (Å²) in [7, 11) is 0. The van der Waals surface area contributed by atoms with Crippen LogP contribution in [0.2, 0.25) is 0 Å². The van der Waals surface area contributed by atoms with Crippen molar-refractivity contribution in [2.75, 3.05) is 19.7 Å². The number of nitrogens with zero attached hydrogens (tertiary/aromatic N) is 1. The monoisotopic (exact) mass is 543 g/mol. The Morgan fingerprint density at radius 1 is 1.26 bits per heavy atom. The second kappa shape index (κ2) is 10.3. The standard InChI is InChI=1S/C25H29F4N3O6/c1-24(2)14-10-32(23(37)20(34)13-5-3-4-6-15(13)26)19(18(14)24)22(36)31-16(9-12-7-8-30-21(12)35)17(33)11-38-25(27,28)29/h3-6,12,14,16,18-20,34H,7-11H2,1-2H3,(H,30,35)(H,31,36)/t12-,14-,16-,18-,19-,20-/m0/s1. The minimum Gasteiger partial charge on any atom is -0.378 e. The summed E-state index contributed by atoms with van der Waals surface area (Å²) in [4.78, 5) is 52.6. The third-order valence-electron chi connectivity index (χ3n) is 7.96. The maximum atomic E-state index is 14.2. The number of rotatable bonds is 9. The number of nitrogens with one attached hydrogen (secondary N) is 2. The van der Waals surface area contributed by atoms with Crippen LogP contribution in [0, 0.1) is 29.0 Å². The van der Waals surface area contributed by atoms with Gasteiger partial charge in [0.1, 0.15) is 18.5 Å². The van der Waals surface area contributed by atoms with Crippen LogP contribution in [0.25, 0.3) is 0 Å². The van der Waals surface area contributed by atoms with E-state index in [9.17, 15) is 41.8 Å². The SMILES string of the molecule is CC1(C)[C@@H]2[C@@H](C(=O)N[C@@H](C[C@@H]3CCNC3=O)C(=O)COC(F)(F)F)N(C(=O)[C@@H](O)c3ccccc3F)C[C@@H]21. The first-order chi connectivity index (χ1) is 17.7. The minimum absolute atomic E-state index is 0.0981. The summed E-state index contributed by atoms with van der Waals surface area (Å²) in [5.74, 6) is -5.15. The van der Waals surface area contributed by atoms with Gasteiger partial charge in [-0.3, -0.25) is 23.9 Å². The van der Waals surface area contributed by atoms with E-state index in [0.717, 1.165) is 11.0 Å². The summed E-state index contributed by atoms with van der Waals surface area (Å²) in [5, 5.41) is 15.6. The van der Waals surface area contributed by atoms with Gasteiger partial charge in [0.05, 0.1) is 6.04 Å². The predicted molar refractivity (Wildman–Crippen MR) is 122 cm³/mol. The number of carbonyl (C=O) groups is 4. The van der Waals surface area contributed by atoms with E-state index in [1.165, 1.54) is 18.2 Å². The number of aliphatic hydroxyl groups excluding tert-OH is 1. The minimum atomic E-state index is -5.07. The van der Waals surface area contributed by atoms with Crippen LogP contribution in [0.3, 0.4) is 0 Å². The molecule has 3 amide bonds. The van der Waals surface area contributed by atoms with Crippen LogP contribution in [0.15, 0.2) is 24.3 Å². The summed E-state index contributed by atoms with van der Waals surface area (Å²) in [6.45, 7) is 2.84. The van der Waals surface area contributed by atoms with E-state index in [-0.39, 0.29) is 41.7 Å². The number of halogens is 4. The van der Waals surface area contributed by atoms with Crippen molar-refractivity contribution in [2.24, 2.45) is 23.2 Å². The Balaban J connectivity index is 1.54. The van der Waals surface area contributed by atoms with E-state index in [2.05, 4.69) is 15.4 Å². The number of aliphatic hydroxyl groups is 1. The van der Waals surface area contributed by atoms with E-state index >= 15 is 0 Å². The highest BCUT2D eigenvalue weighted by atomic mass is 19.4. The number of benzene rings is 1. The van der Waals surface area contributed by atoms with Gasteiger partial charge in [-0.25, -0.2) is 4.39 Å². The number of carbonyl (C=O) groups excluding carboxylic acids is 4. The summed E-state index contributed by atoms with van der Waals surface area (Å²) < 4.78 is 55.6. The van der Waals surface area contributed by atoms with Gasteiger partial charge in [-0.15, -0.1) is 13.2 Å². The first-order valence-electron chi connectivity index (χ1n) is 12.3. The lowest BCUT2D eigenvalue weighted by Gasteiger charge is -2.33. The van der Waals surface area contributed by atoms with E-state index in [0.29, 0.717) is 13.0 Å². The van der Waals surface area contributed by atoms with Crippen molar-refractivity contribution in [3.63, 3.8) is 0 Å². The fourth-order valence-electron chi connectivity index (χ4n) is 5.74. The predicted octanol–water partition coefficient (Wildman–Crippen LogP) is 1.46. The Hall–Kier alpha value is -3.06. The number of hydrogen-bond acceptors (Lipinski definition) is 6. The molecule has 6 atom stereocenters. The van der Waals surface area contributed by atoms with Gasteiger partial charge in [0.2, 0.25) is 11.8 Å². The van der Waals surface area contributed by atoms with Gasteiger partial charge in [-0.1, -0.05) is 32.0 Å². The van der Waals surface area contributed by atoms with Crippen molar-refractivity contribution in [3.05, 3.63) is 35.6 Å². The molecule has 0 spiro atoms. The first kappa shape index (κ1) is 28.0. The smallest absolute Gasteiger partial charge is 0.378 e. The average molecular weight is 544 g/mol. The van der Waals surface area contributed by atoms with Crippen LogP contribution < -0.4 is 10.6 Å². The molecule has 9 nitrogen and oxygen atoms in total. The van der Waals surface area contributed by atoms with Crippen molar-refractivity contribution < 1.29 is 46.6 Å². The van der Waals surface area contributed by atoms with Crippen molar-refractivity contribution in [1.29, 1.82) is 0 Å². The second-order valence-electron chi connectivity index (χ2n) is 10.6. The number of amides is 3. The van der Waals surface area contributed by atoms with Gasteiger partial charge in [-0.05, 0) is 36.2 Å². The summed E-state index contributed by atoms with van der Waals surface area (Å²) in [6.07, 6.45) is -6.86. The molecule has 2 heterocycles. The van der Waals surface area contributed by atoms with Gasteiger partial charge < -0.3 is 20.6 Å². The zero-order valence-electron chi connectivity index (χ0n) is 20.8. The zero-order valence-corrected chi connectivity index (χ0v) is 20.8.